The Hall–Kier alpha value is -3.47. The molecule has 0 saturated carbocycles. The first kappa shape index (κ1) is 34.7. The molecule has 2 amide bonds. The van der Waals surface area contributed by atoms with Crippen LogP contribution in [-0.2, 0) is 10.1 Å². The molecular formula is C26H18N6Na2O7S. The fourth-order valence-corrected chi connectivity index (χ4v) is 3.71. The Morgan fingerprint density at radius 1 is 0.667 bits per heavy atom. The minimum Gasteiger partial charge on any atom is -0.872 e. The van der Waals surface area contributed by atoms with Crippen LogP contribution in [0.25, 0.3) is 0 Å². The van der Waals surface area contributed by atoms with Crippen LogP contribution in [0, 0.1) is 0 Å². The van der Waals surface area contributed by atoms with Crippen LogP contribution in [0.4, 0.5) is 38.9 Å². The fourth-order valence-electron chi connectivity index (χ4n) is 3.19. The molecule has 0 atom stereocenters. The minimum atomic E-state index is -4.35. The van der Waals surface area contributed by atoms with Crippen molar-refractivity contribution >= 4 is 56.2 Å². The maximum Gasteiger partial charge on any atom is 1.00 e. The number of carbonyl (C=O) groups is 2. The van der Waals surface area contributed by atoms with Crippen molar-refractivity contribution in [3.8, 4) is 5.75 Å². The number of hydrogen-bond acceptors (Lipinski definition) is 10. The average molecular weight is 605 g/mol. The minimum absolute atomic E-state index is 0. The predicted octanol–water partition coefficient (Wildman–Crippen LogP) is -1.15. The van der Waals surface area contributed by atoms with Crippen LogP contribution < -0.4 is 80.0 Å². The predicted molar refractivity (Wildman–Crippen MR) is 140 cm³/mol. The number of benzene rings is 4. The number of nitrogens with one attached hydrogen (secondary N) is 2. The van der Waals surface area contributed by atoms with E-state index in [4.69, 9.17) is 4.55 Å². The Labute approximate surface area is 284 Å². The van der Waals surface area contributed by atoms with Gasteiger partial charge in [-0.2, -0.15) is 28.9 Å². The number of carbonyl (C=O) groups excluding carboxylic acids is 2. The van der Waals surface area contributed by atoms with E-state index in [-0.39, 0.29) is 75.4 Å². The molecule has 0 aromatic heterocycles. The second-order valence-electron chi connectivity index (χ2n) is 8.01. The van der Waals surface area contributed by atoms with E-state index in [0.29, 0.717) is 22.7 Å². The molecule has 4 rings (SSSR count). The summed E-state index contributed by atoms with van der Waals surface area (Å²) in [5.74, 6) is -2.28. The second-order valence-corrected chi connectivity index (χ2v) is 9.43. The zero-order valence-corrected chi connectivity index (χ0v) is 27.1. The van der Waals surface area contributed by atoms with Gasteiger partial charge in [-0.3, -0.25) is 4.55 Å². The number of amides is 2. The molecule has 0 unspecified atom stereocenters. The van der Waals surface area contributed by atoms with E-state index in [2.05, 4.69) is 31.1 Å². The molecule has 202 valence electrons. The smallest absolute Gasteiger partial charge is 0.872 e. The van der Waals surface area contributed by atoms with Crippen molar-refractivity contribution in [3.05, 3.63) is 96.6 Å². The number of nitrogens with zero attached hydrogens (tertiary/aromatic N) is 4. The van der Waals surface area contributed by atoms with Gasteiger partial charge in [0.1, 0.15) is 0 Å². The summed E-state index contributed by atoms with van der Waals surface area (Å²) in [4.78, 5) is 23.0. The van der Waals surface area contributed by atoms with Crippen LogP contribution in [-0.4, -0.2) is 25.0 Å². The van der Waals surface area contributed by atoms with E-state index in [1.54, 1.807) is 48.5 Å². The average Bonchev–Trinajstić information content (AvgIpc) is 2.92. The SMILES string of the molecule is O=C(Nc1ccc(N=Nc2cccc(S(=O)(=O)O)c2)cc1)Nc1ccc(N=Nc2ccc([O-])c(C(=O)[O-])c2)cc1.[Na+].[Na+]. The van der Waals surface area contributed by atoms with Gasteiger partial charge in [0.15, 0.2) is 0 Å². The molecule has 4 aromatic rings. The number of carboxylic acids is 1. The third-order valence-electron chi connectivity index (χ3n) is 5.11. The summed E-state index contributed by atoms with van der Waals surface area (Å²) in [7, 11) is -4.35. The van der Waals surface area contributed by atoms with Crippen molar-refractivity contribution < 1.29 is 91.9 Å². The van der Waals surface area contributed by atoms with E-state index in [0.717, 1.165) is 12.1 Å². The van der Waals surface area contributed by atoms with Crippen molar-refractivity contribution in [2.24, 2.45) is 20.5 Å². The van der Waals surface area contributed by atoms with Crippen LogP contribution in [0.3, 0.4) is 0 Å². The van der Waals surface area contributed by atoms with Crippen molar-refractivity contribution in [3.63, 3.8) is 0 Å². The maximum atomic E-state index is 12.3. The molecule has 0 aliphatic heterocycles. The summed E-state index contributed by atoms with van der Waals surface area (Å²) >= 11 is 0. The number of carboxylic acid groups (broad SMARTS) is 1. The number of azo groups is 2. The van der Waals surface area contributed by atoms with E-state index in [1.807, 2.05) is 0 Å². The van der Waals surface area contributed by atoms with Crippen LogP contribution in [0.2, 0.25) is 0 Å². The fraction of sp³-hybridized carbons (Fsp3) is 0. The Morgan fingerprint density at radius 3 is 1.60 bits per heavy atom. The van der Waals surface area contributed by atoms with Crippen molar-refractivity contribution in [2.75, 3.05) is 10.6 Å². The van der Waals surface area contributed by atoms with Crippen LogP contribution >= 0.6 is 0 Å². The molecule has 16 heteroatoms. The van der Waals surface area contributed by atoms with Gasteiger partial charge in [-0.1, -0.05) is 17.9 Å². The van der Waals surface area contributed by atoms with E-state index in [9.17, 15) is 28.2 Å². The van der Waals surface area contributed by atoms with Crippen LogP contribution in [0.15, 0.2) is 116 Å². The Morgan fingerprint density at radius 2 is 1.12 bits per heavy atom. The molecule has 3 N–H and O–H groups in total. The van der Waals surface area contributed by atoms with Gasteiger partial charge in [-0.05, 0) is 84.4 Å². The summed E-state index contributed by atoms with van der Waals surface area (Å²) in [6, 6.07) is 21.0. The molecule has 13 nitrogen and oxygen atoms in total. The molecule has 0 heterocycles. The normalized spacial score (nSPS) is 11.0. The first-order chi connectivity index (χ1) is 19.1. The maximum absolute atomic E-state index is 12.3. The van der Waals surface area contributed by atoms with Crippen molar-refractivity contribution in [1.82, 2.24) is 0 Å². The largest absolute Gasteiger partial charge is 1.00 e. The Balaban J connectivity index is 0.00000308. The summed E-state index contributed by atoms with van der Waals surface area (Å²) in [6.45, 7) is 0. The molecule has 4 aromatic carbocycles. The summed E-state index contributed by atoms with van der Waals surface area (Å²) in [5, 5.41) is 43.6. The monoisotopic (exact) mass is 604 g/mol. The molecule has 42 heavy (non-hydrogen) atoms. The van der Waals surface area contributed by atoms with Crippen LogP contribution in [0.5, 0.6) is 5.75 Å². The Kier molecular flexibility index (Phi) is 13.0. The van der Waals surface area contributed by atoms with E-state index < -0.39 is 33.4 Å². The van der Waals surface area contributed by atoms with E-state index in [1.165, 1.54) is 30.3 Å². The zero-order chi connectivity index (χ0) is 28.7. The zero-order valence-electron chi connectivity index (χ0n) is 22.3. The van der Waals surface area contributed by atoms with Gasteiger partial charge in [-0.25, -0.2) is 4.79 Å². The number of hydrogen-bond donors (Lipinski definition) is 3. The van der Waals surface area contributed by atoms with Crippen molar-refractivity contribution in [2.45, 2.75) is 4.90 Å². The molecule has 0 radical (unpaired) electrons. The first-order valence-electron chi connectivity index (χ1n) is 11.3. The number of anilines is 2. The molecular weight excluding hydrogens is 586 g/mol. The van der Waals surface area contributed by atoms with Gasteiger partial charge in [0.05, 0.1) is 33.6 Å². The molecule has 0 bridgehead atoms. The molecule has 0 saturated heterocycles. The van der Waals surface area contributed by atoms with Gasteiger partial charge < -0.3 is 25.6 Å². The summed E-state index contributed by atoms with van der Waals surface area (Å²) in [5.41, 5.74) is 1.67. The summed E-state index contributed by atoms with van der Waals surface area (Å²) < 4.78 is 31.6. The molecule has 0 fully saturated rings. The second kappa shape index (κ2) is 15.7. The van der Waals surface area contributed by atoms with Gasteiger partial charge in [0.2, 0.25) is 0 Å². The van der Waals surface area contributed by atoms with E-state index >= 15 is 0 Å². The summed E-state index contributed by atoms with van der Waals surface area (Å²) in [6.07, 6.45) is 0. The van der Waals surface area contributed by atoms with Crippen LogP contribution in [0.1, 0.15) is 10.4 Å². The number of rotatable bonds is 8. The molecule has 0 aliphatic rings. The molecule has 0 aliphatic carbocycles. The molecule has 0 spiro atoms. The third-order valence-corrected chi connectivity index (χ3v) is 5.96. The Bertz CT molecular complexity index is 1730. The first-order valence-corrected chi connectivity index (χ1v) is 12.7. The van der Waals surface area contributed by atoms with Gasteiger partial charge in [0.25, 0.3) is 10.1 Å². The number of aromatic carboxylic acids is 1. The van der Waals surface area contributed by atoms with Crippen molar-refractivity contribution in [1.29, 1.82) is 0 Å². The van der Waals surface area contributed by atoms with Gasteiger partial charge in [0, 0.05) is 11.4 Å². The standard InChI is InChI=1S/C26H20N6O7S.2Na/c33-24-13-12-21(15-23(24)25(34)35)32-30-19-10-6-17(7-11-19)28-26(36)27-16-4-8-18(9-5-16)29-31-20-2-1-3-22(14-20)40(37,38)39;;/h1-15,33H,(H,34,35)(H2,27,28,36)(H,37,38,39);;/q;2*+1/p-2. The quantitative estimate of drug-likeness (QED) is 0.128. The topological polar surface area (TPSA) is 208 Å². The third kappa shape index (κ3) is 10.1. The van der Waals surface area contributed by atoms with Gasteiger partial charge >= 0.3 is 65.1 Å². The van der Waals surface area contributed by atoms with Gasteiger partial charge in [-0.15, -0.1) is 0 Å². The number of urea groups is 1.